The van der Waals surface area contributed by atoms with Gasteiger partial charge >= 0.3 is 5.97 Å². The molecule has 5 rings (SSSR count). The minimum absolute atomic E-state index is 0.0580. The van der Waals surface area contributed by atoms with Crippen molar-refractivity contribution < 1.29 is 19.2 Å². The van der Waals surface area contributed by atoms with Crippen LogP contribution in [0.1, 0.15) is 39.0 Å². The highest BCUT2D eigenvalue weighted by molar-refractivity contribution is 5.75. The number of carbonyl (C=O) groups excluding carboxylic acids is 1. The van der Waals surface area contributed by atoms with Crippen molar-refractivity contribution in [2.75, 3.05) is 44.7 Å². The Morgan fingerprint density at radius 2 is 2.13 bits per heavy atom. The Morgan fingerprint density at radius 3 is 2.90 bits per heavy atom. The summed E-state index contributed by atoms with van der Waals surface area (Å²) in [5.41, 5.74) is 2.92. The van der Waals surface area contributed by atoms with Gasteiger partial charge in [-0.15, -0.1) is 0 Å². The van der Waals surface area contributed by atoms with Crippen molar-refractivity contribution in [1.29, 1.82) is 0 Å². The average Bonchev–Trinajstić information content (AvgIpc) is 3.06. The zero-order chi connectivity index (χ0) is 21.6. The molecular formula is C26H37N2O3+. The number of ether oxygens (including phenoxy) is 2. The third-order valence-corrected chi connectivity index (χ3v) is 8.72. The van der Waals surface area contributed by atoms with Crippen molar-refractivity contribution in [2.24, 2.45) is 23.2 Å². The lowest BCUT2D eigenvalue weighted by atomic mass is 9.55. The number of methoxy groups -OCH3 is 1. The molecule has 0 radical (unpaired) electrons. The van der Waals surface area contributed by atoms with Crippen LogP contribution in [0.2, 0.25) is 0 Å². The number of nitrogens with zero attached hydrogens (tertiary/aromatic N) is 1. The van der Waals surface area contributed by atoms with Crippen LogP contribution >= 0.6 is 0 Å². The van der Waals surface area contributed by atoms with E-state index < -0.39 is 0 Å². The van der Waals surface area contributed by atoms with Gasteiger partial charge in [-0.1, -0.05) is 25.1 Å². The van der Waals surface area contributed by atoms with Crippen LogP contribution in [0, 0.1) is 23.2 Å². The Balaban J connectivity index is 1.22. The quantitative estimate of drug-likeness (QED) is 0.595. The Hall–Kier alpha value is -2.01. The number of quaternary nitrogens is 1. The van der Waals surface area contributed by atoms with E-state index in [9.17, 15) is 4.79 Å². The maximum absolute atomic E-state index is 12.9. The first-order valence-corrected chi connectivity index (χ1v) is 12.1. The fraction of sp³-hybridized carbons (Fsp3) is 0.654. The molecular weight excluding hydrogens is 388 g/mol. The molecule has 5 heteroatoms. The molecule has 168 valence electrons. The molecule has 0 amide bonds. The molecule has 31 heavy (non-hydrogen) atoms. The fourth-order valence-electron chi connectivity index (χ4n) is 6.89. The molecule has 2 aliphatic carbocycles. The third kappa shape index (κ3) is 3.86. The number of anilines is 1. The van der Waals surface area contributed by atoms with Crippen molar-refractivity contribution in [1.82, 2.24) is 0 Å². The highest BCUT2D eigenvalue weighted by Gasteiger charge is 2.56. The van der Waals surface area contributed by atoms with Crippen LogP contribution in [0.15, 0.2) is 36.4 Å². The second kappa shape index (κ2) is 8.16. The summed E-state index contributed by atoms with van der Waals surface area (Å²) < 4.78 is 11.4. The van der Waals surface area contributed by atoms with Crippen LogP contribution < -0.4 is 14.5 Å². The highest BCUT2D eigenvalue weighted by Crippen LogP contribution is 2.56. The molecule has 0 spiro atoms. The molecule has 0 bridgehead atoms. The maximum atomic E-state index is 12.9. The summed E-state index contributed by atoms with van der Waals surface area (Å²) in [7, 11) is 1.71. The third-order valence-electron chi connectivity index (χ3n) is 8.72. The molecule has 1 N–H and O–H groups in total. The first-order valence-electron chi connectivity index (χ1n) is 12.1. The van der Waals surface area contributed by atoms with Gasteiger partial charge < -0.3 is 19.3 Å². The molecule has 5 nitrogen and oxygen atoms in total. The van der Waals surface area contributed by atoms with Crippen LogP contribution in [-0.2, 0) is 9.53 Å². The van der Waals surface area contributed by atoms with Crippen molar-refractivity contribution >= 4 is 11.7 Å². The van der Waals surface area contributed by atoms with Gasteiger partial charge in [0.05, 0.1) is 39.8 Å². The molecule has 2 aliphatic heterocycles. The zero-order valence-electron chi connectivity index (χ0n) is 19.1. The summed E-state index contributed by atoms with van der Waals surface area (Å²) >= 11 is 0. The van der Waals surface area contributed by atoms with Crippen LogP contribution in [0.3, 0.4) is 0 Å². The molecule has 2 saturated carbocycles. The monoisotopic (exact) mass is 425 g/mol. The van der Waals surface area contributed by atoms with E-state index in [-0.39, 0.29) is 23.4 Å². The van der Waals surface area contributed by atoms with Gasteiger partial charge in [0, 0.05) is 17.7 Å². The van der Waals surface area contributed by atoms with Crippen LogP contribution in [-0.4, -0.2) is 51.9 Å². The minimum Gasteiger partial charge on any atom is -0.497 e. The molecule has 5 atom stereocenters. The van der Waals surface area contributed by atoms with Crippen LogP contribution in [0.4, 0.5) is 5.69 Å². The van der Waals surface area contributed by atoms with Gasteiger partial charge in [0.1, 0.15) is 17.8 Å². The Labute approximate surface area is 186 Å². The summed E-state index contributed by atoms with van der Waals surface area (Å²) in [6.45, 7) is 11.9. The van der Waals surface area contributed by atoms with Crippen molar-refractivity contribution in [3.63, 3.8) is 0 Å². The molecule has 1 aromatic rings. The summed E-state index contributed by atoms with van der Waals surface area (Å²) in [4.78, 5) is 16.8. The first kappa shape index (κ1) is 20.9. The summed E-state index contributed by atoms with van der Waals surface area (Å²) in [5.74, 6) is 1.97. The lowest BCUT2D eigenvalue weighted by Gasteiger charge is -2.50. The topological polar surface area (TPSA) is 43.2 Å². The smallest absolute Gasteiger partial charge is 0.315 e. The summed E-state index contributed by atoms with van der Waals surface area (Å²) in [6.07, 6.45) is 5.90. The number of carbonyl (C=O) groups is 1. The standard InChI is InChI=1S/C26H36N2O3/c1-18-6-5-9-26(2)16-24-21(15-23(18)26)22(25(29)31-24)17-27-10-12-28(13-11-27)19-7-4-8-20(14-19)30-3/h4,7-8,14,21-24H,1,5-6,9-13,15-17H2,2-3H3/p+1/t21-,22+,23-,24-,26-/m1/s1. The van der Waals surface area contributed by atoms with Crippen LogP contribution in [0.25, 0.3) is 0 Å². The number of rotatable bonds is 4. The number of hydrogen-bond acceptors (Lipinski definition) is 4. The van der Waals surface area contributed by atoms with Crippen LogP contribution in [0.5, 0.6) is 5.75 Å². The second-order valence-corrected chi connectivity index (χ2v) is 10.5. The SMILES string of the molecule is C=C1CCC[C@]2(C)C[C@H]3OC(=O)[C@@H](C[NH+]4CCN(c5cccc(OC)c5)CC4)[C@H]3C[C@H]12. The number of piperazine rings is 1. The Bertz CT molecular complexity index is 847. The van der Waals surface area contributed by atoms with Gasteiger partial charge in [-0.25, -0.2) is 0 Å². The minimum atomic E-state index is 0.0580. The van der Waals surface area contributed by atoms with E-state index in [1.54, 1.807) is 7.11 Å². The highest BCUT2D eigenvalue weighted by atomic mass is 16.6. The van der Waals surface area contributed by atoms with Crippen molar-refractivity contribution in [3.8, 4) is 5.75 Å². The molecule has 2 heterocycles. The first-order chi connectivity index (χ1) is 15.0. The number of fused-ring (bicyclic) bond motifs is 2. The molecule has 0 unspecified atom stereocenters. The normalized spacial score (nSPS) is 36.0. The Morgan fingerprint density at radius 1 is 1.32 bits per heavy atom. The Kier molecular flexibility index (Phi) is 5.49. The maximum Gasteiger partial charge on any atom is 0.315 e. The van der Waals surface area contributed by atoms with Gasteiger partial charge in [-0.05, 0) is 55.6 Å². The lowest BCUT2D eigenvalue weighted by molar-refractivity contribution is -0.903. The van der Waals surface area contributed by atoms with Gasteiger partial charge in [0.25, 0.3) is 0 Å². The van der Waals surface area contributed by atoms with E-state index in [1.165, 1.54) is 29.0 Å². The van der Waals surface area contributed by atoms with E-state index in [0.29, 0.717) is 11.8 Å². The zero-order valence-corrected chi connectivity index (χ0v) is 19.1. The van der Waals surface area contributed by atoms with E-state index in [4.69, 9.17) is 9.47 Å². The second-order valence-electron chi connectivity index (χ2n) is 10.5. The lowest BCUT2D eigenvalue weighted by Crippen LogP contribution is -3.15. The largest absolute Gasteiger partial charge is 0.497 e. The van der Waals surface area contributed by atoms with E-state index in [2.05, 4.69) is 36.6 Å². The summed E-state index contributed by atoms with van der Waals surface area (Å²) in [6, 6.07) is 8.31. The summed E-state index contributed by atoms with van der Waals surface area (Å²) in [5, 5.41) is 0. The number of hydrogen-bond donors (Lipinski definition) is 1. The predicted molar refractivity (Wildman–Crippen MR) is 121 cm³/mol. The average molecular weight is 426 g/mol. The van der Waals surface area contributed by atoms with Gasteiger partial charge in [0.15, 0.2) is 0 Å². The van der Waals surface area contributed by atoms with Gasteiger partial charge in [-0.2, -0.15) is 0 Å². The van der Waals surface area contributed by atoms with E-state index in [1.807, 2.05) is 6.07 Å². The van der Waals surface area contributed by atoms with Gasteiger partial charge in [0.2, 0.25) is 0 Å². The van der Waals surface area contributed by atoms with Crippen molar-refractivity contribution in [2.45, 2.75) is 45.1 Å². The molecule has 4 aliphatic rings. The molecule has 4 fully saturated rings. The van der Waals surface area contributed by atoms with E-state index >= 15 is 0 Å². The fourth-order valence-corrected chi connectivity index (χ4v) is 6.89. The number of esters is 1. The number of nitrogens with one attached hydrogen (secondary N) is 1. The molecule has 2 saturated heterocycles. The molecule has 0 aromatic heterocycles. The number of allylic oxidation sites excluding steroid dienone is 1. The number of benzene rings is 1. The van der Waals surface area contributed by atoms with E-state index in [0.717, 1.165) is 57.7 Å². The molecule has 1 aromatic carbocycles. The van der Waals surface area contributed by atoms with Gasteiger partial charge in [-0.3, -0.25) is 4.79 Å². The van der Waals surface area contributed by atoms with Crippen molar-refractivity contribution in [3.05, 3.63) is 36.4 Å². The predicted octanol–water partition coefficient (Wildman–Crippen LogP) is 2.71.